The SMILES string of the molecule is NC(=O)[CH]CSCC(N)C(=O)O. The van der Waals surface area contributed by atoms with E-state index < -0.39 is 17.9 Å². The van der Waals surface area contributed by atoms with Crippen LogP contribution in [0.4, 0.5) is 0 Å². The zero-order chi connectivity index (χ0) is 9.56. The second kappa shape index (κ2) is 5.84. The van der Waals surface area contributed by atoms with Crippen molar-refractivity contribution in [2.24, 2.45) is 11.5 Å². The summed E-state index contributed by atoms with van der Waals surface area (Å²) in [6, 6.07) is -0.878. The lowest BCUT2D eigenvalue weighted by atomic mass is 10.4. The van der Waals surface area contributed by atoms with Gasteiger partial charge in [0, 0.05) is 11.5 Å². The summed E-state index contributed by atoms with van der Waals surface area (Å²) in [6.07, 6.45) is 1.28. The highest BCUT2D eigenvalue weighted by Gasteiger charge is 2.10. The van der Waals surface area contributed by atoms with E-state index >= 15 is 0 Å². The first-order valence-corrected chi connectivity index (χ1v) is 4.38. The van der Waals surface area contributed by atoms with Crippen LogP contribution >= 0.6 is 11.8 Å². The minimum absolute atomic E-state index is 0.277. The summed E-state index contributed by atoms with van der Waals surface area (Å²) in [5.41, 5.74) is 10.00. The zero-order valence-corrected chi connectivity index (χ0v) is 7.21. The van der Waals surface area contributed by atoms with Gasteiger partial charge in [0.25, 0.3) is 0 Å². The first-order chi connectivity index (χ1) is 5.54. The van der Waals surface area contributed by atoms with Crippen LogP contribution in [0.3, 0.4) is 0 Å². The van der Waals surface area contributed by atoms with E-state index in [1.807, 2.05) is 0 Å². The Morgan fingerprint density at radius 2 is 2.17 bits per heavy atom. The number of carbonyl (C=O) groups excluding carboxylic acids is 1. The van der Waals surface area contributed by atoms with E-state index in [9.17, 15) is 9.59 Å². The molecule has 6 heteroatoms. The molecule has 0 saturated heterocycles. The van der Waals surface area contributed by atoms with Crippen molar-refractivity contribution >= 4 is 23.6 Å². The van der Waals surface area contributed by atoms with Crippen LogP contribution in [-0.4, -0.2) is 34.5 Å². The molecule has 0 spiro atoms. The lowest BCUT2D eigenvalue weighted by Gasteiger charge is -2.03. The number of primary amides is 1. The third kappa shape index (κ3) is 5.99. The van der Waals surface area contributed by atoms with Gasteiger partial charge in [-0.2, -0.15) is 11.8 Å². The van der Waals surface area contributed by atoms with E-state index in [2.05, 4.69) is 0 Å². The molecule has 0 aromatic rings. The van der Waals surface area contributed by atoms with Crippen molar-refractivity contribution in [1.82, 2.24) is 0 Å². The monoisotopic (exact) mass is 191 g/mol. The van der Waals surface area contributed by atoms with E-state index in [-0.39, 0.29) is 5.75 Å². The summed E-state index contributed by atoms with van der Waals surface area (Å²) >= 11 is 1.26. The molecule has 1 amide bonds. The molecule has 0 saturated carbocycles. The summed E-state index contributed by atoms with van der Waals surface area (Å²) in [5.74, 6) is -0.872. The molecule has 0 aliphatic heterocycles. The molecule has 0 aromatic heterocycles. The third-order valence-corrected chi connectivity index (χ3v) is 2.01. The molecule has 5 N–H and O–H groups in total. The summed E-state index contributed by atoms with van der Waals surface area (Å²) in [5, 5.41) is 8.35. The number of carboxylic acid groups (broad SMARTS) is 1. The minimum Gasteiger partial charge on any atom is -0.480 e. The summed E-state index contributed by atoms with van der Waals surface area (Å²) in [7, 11) is 0. The predicted molar refractivity (Wildman–Crippen MR) is 46.4 cm³/mol. The Bertz CT molecular complexity index is 174. The molecule has 5 nitrogen and oxygen atoms in total. The largest absolute Gasteiger partial charge is 0.480 e. The number of hydrogen-bond donors (Lipinski definition) is 3. The van der Waals surface area contributed by atoms with Gasteiger partial charge in [0.15, 0.2) is 0 Å². The molecule has 1 radical (unpaired) electrons. The Hall–Kier alpha value is -0.750. The number of thioether (sulfide) groups is 1. The van der Waals surface area contributed by atoms with E-state index in [1.54, 1.807) is 0 Å². The average Bonchev–Trinajstić information content (AvgIpc) is 1.97. The van der Waals surface area contributed by atoms with E-state index in [0.717, 1.165) is 0 Å². The molecule has 0 aliphatic carbocycles. The van der Waals surface area contributed by atoms with Gasteiger partial charge in [0.2, 0.25) is 5.91 Å². The summed E-state index contributed by atoms with van der Waals surface area (Å²) in [4.78, 5) is 20.4. The number of rotatable bonds is 6. The van der Waals surface area contributed by atoms with Gasteiger partial charge in [-0.1, -0.05) is 0 Å². The fraction of sp³-hybridized carbons (Fsp3) is 0.500. The minimum atomic E-state index is -1.04. The van der Waals surface area contributed by atoms with Crippen molar-refractivity contribution in [2.45, 2.75) is 6.04 Å². The van der Waals surface area contributed by atoms with Crippen LogP contribution in [0.25, 0.3) is 0 Å². The quantitative estimate of drug-likeness (QED) is 0.458. The highest BCUT2D eigenvalue weighted by Crippen LogP contribution is 2.02. The van der Waals surface area contributed by atoms with Crippen molar-refractivity contribution in [3.05, 3.63) is 6.42 Å². The molecule has 1 unspecified atom stereocenters. The second-order valence-corrected chi connectivity index (χ2v) is 3.16. The molecule has 0 fully saturated rings. The standard InChI is InChI=1S/C6H11N2O3S/c7-4(6(10)11)3-12-2-1-5(8)9/h1,4H,2-3,7H2,(H2,8,9)(H,10,11). The summed E-state index contributed by atoms with van der Waals surface area (Å²) in [6.45, 7) is 0. The van der Waals surface area contributed by atoms with Gasteiger partial charge in [0.05, 0.1) is 6.42 Å². The molecule has 69 valence electrons. The maximum atomic E-state index is 10.2. The lowest BCUT2D eigenvalue weighted by molar-refractivity contribution is -0.137. The number of carbonyl (C=O) groups is 2. The van der Waals surface area contributed by atoms with Gasteiger partial charge in [-0.05, 0) is 0 Å². The highest BCUT2D eigenvalue weighted by molar-refractivity contribution is 7.99. The van der Waals surface area contributed by atoms with E-state index in [0.29, 0.717) is 5.75 Å². The maximum Gasteiger partial charge on any atom is 0.321 e. The zero-order valence-electron chi connectivity index (χ0n) is 6.40. The van der Waals surface area contributed by atoms with Crippen LogP contribution in [0.2, 0.25) is 0 Å². The fourth-order valence-corrected chi connectivity index (χ4v) is 1.22. The lowest BCUT2D eigenvalue weighted by Crippen LogP contribution is -2.32. The van der Waals surface area contributed by atoms with Crippen LogP contribution in [0.15, 0.2) is 0 Å². The van der Waals surface area contributed by atoms with Gasteiger partial charge in [-0.3, -0.25) is 9.59 Å². The summed E-state index contributed by atoms with van der Waals surface area (Å²) < 4.78 is 0. The van der Waals surface area contributed by atoms with Crippen molar-refractivity contribution in [1.29, 1.82) is 0 Å². The van der Waals surface area contributed by atoms with Gasteiger partial charge in [0.1, 0.15) is 6.04 Å². The number of nitrogens with two attached hydrogens (primary N) is 2. The first-order valence-electron chi connectivity index (χ1n) is 3.23. The molecule has 1 atom stereocenters. The molecule has 0 rings (SSSR count). The maximum absolute atomic E-state index is 10.2. The van der Waals surface area contributed by atoms with Gasteiger partial charge >= 0.3 is 5.97 Å². The number of amides is 1. The Labute approximate surface area is 74.5 Å². The molecule has 0 heterocycles. The smallest absolute Gasteiger partial charge is 0.321 e. The van der Waals surface area contributed by atoms with Crippen molar-refractivity contribution < 1.29 is 14.7 Å². The fourth-order valence-electron chi connectivity index (χ4n) is 0.407. The van der Waals surface area contributed by atoms with Gasteiger partial charge in [-0.25, -0.2) is 0 Å². The predicted octanol–water partition coefficient (Wildman–Crippen LogP) is -1.18. The van der Waals surface area contributed by atoms with Gasteiger partial charge < -0.3 is 16.6 Å². The van der Waals surface area contributed by atoms with Crippen LogP contribution in [0.5, 0.6) is 0 Å². The first kappa shape index (κ1) is 11.2. The highest BCUT2D eigenvalue weighted by atomic mass is 32.2. The Morgan fingerprint density at radius 1 is 1.58 bits per heavy atom. The molecule has 12 heavy (non-hydrogen) atoms. The second-order valence-electron chi connectivity index (χ2n) is 2.09. The van der Waals surface area contributed by atoms with Gasteiger partial charge in [-0.15, -0.1) is 0 Å². The number of carboxylic acids is 1. The average molecular weight is 191 g/mol. The van der Waals surface area contributed by atoms with Crippen LogP contribution < -0.4 is 11.5 Å². The normalized spacial score (nSPS) is 12.4. The molecular weight excluding hydrogens is 180 g/mol. The number of aliphatic carboxylic acids is 1. The van der Waals surface area contributed by atoms with Crippen LogP contribution in [0, 0.1) is 6.42 Å². The van der Waals surface area contributed by atoms with E-state index in [1.165, 1.54) is 18.2 Å². The van der Waals surface area contributed by atoms with Crippen molar-refractivity contribution in [3.63, 3.8) is 0 Å². The van der Waals surface area contributed by atoms with Crippen LogP contribution in [0.1, 0.15) is 0 Å². The molecule has 0 aromatic carbocycles. The van der Waals surface area contributed by atoms with Crippen molar-refractivity contribution in [3.8, 4) is 0 Å². The topological polar surface area (TPSA) is 106 Å². The third-order valence-electron chi connectivity index (χ3n) is 1.02. The molecular formula is C6H11N2O3S. The van der Waals surface area contributed by atoms with Crippen molar-refractivity contribution in [2.75, 3.05) is 11.5 Å². The Kier molecular flexibility index (Phi) is 5.48. The Morgan fingerprint density at radius 3 is 2.58 bits per heavy atom. The van der Waals surface area contributed by atoms with E-state index in [4.69, 9.17) is 16.6 Å². The van der Waals surface area contributed by atoms with Crippen LogP contribution in [-0.2, 0) is 9.59 Å². The molecule has 0 bridgehead atoms. The number of hydrogen-bond acceptors (Lipinski definition) is 4. The molecule has 0 aliphatic rings. The Balaban J connectivity index is 3.31.